The van der Waals surface area contributed by atoms with Gasteiger partial charge in [0.25, 0.3) is 5.91 Å². The van der Waals surface area contributed by atoms with Crippen LogP contribution in [0.5, 0.6) is 0 Å². The number of benzene rings is 1. The number of aromatic nitrogens is 1. The van der Waals surface area contributed by atoms with Gasteiger partial charge in [-0.2, -0.15) is 0 Å². The van der Waals surface area contributed by atoms with E-state index in [0.717, 1.165) is 36.2 Å². The average Bonchev–Trinajstić information content (AvgIpc) is 2.98. The van der Waals surface area contributed by atoms with E-state index in [1.54, 1.807) is 0 Å². The first-order valence-corrected chi connectivity index (χ1v) is 8.65. The highest BCUT2D eigenvalue weighted by Crippen LogP contribution is 2.27. The number of para-hydroxylation sites is 1. The molecular formula is C19H27N3O. The highest BCUT2D eigenvalue weighted by Gasteiger charge is 2.23. The largest absolute Gasteiger partial charge is 0.351 e. The molecule has 1 aromatic carbocycles. The number of aromatic amines is 1. The molecule has 1 fully saturated rings. The standard InChI is InChI=1S/C19H27N3O/c1-22(2)12-11-14-7-9-16(10-8-14)20-19(23)18-13-15-5-3-4-6-17(15)21-18/h3-6,13-14,16,21H,7-12H2,1-2H3,(H,20,23). The molecule has 4 heteroatoms. The molecule has 1 aliphatic rings. The lowest BCUT2D eigenvalue weighted by Gasteiger charge is -2.29. The number of nitrogens with one attached hydrogen (secondary N) is 2. The van der Waals surface area contributed by atoms with E-state index in [-0.39, 0.29) is 5.91 Å². The Morgan fingerprint density at radius 2 is 1.96 bits per heavy atom. The number of hydrogen-bond acceptors (Lipinski definition) is 2. The molecule has 124 valence electrons. The predicted octanol–water partition coefficient (Wildman–Crippen LogP) is 3.41. The van der Waals surface area contributed by atoms with Crippen LogP contribution in [0.25, 0.3) is 10.9 Å². The van der Waals surface area contributed by atoms with Crippen molar-refractivity contribution >= 4 is 16.8 Å². The van der Waals surface area contributed by atoms with Crippen LogP contribution in [0.15, 0.2) is 30.3 Å². The number of H-pyrrole nitrogens is 1. The molecule has 0 unspecified atom stereocenters. The van der Waals surface area contributed by atoms with E-state index < -0.39 is 0 Å². The third-order valence-electron chi connectivity index (χ3n) is 4.94. The summed E-state index contributed by atoms with van der Waals surface area (Å²) in [6.45, 7) is 1.16. The number of amides is 1. The normalized spacial score (nSPS) is 21.7. The Balaban J connectivity index is 1.51. The Kier molecular flexibility index (Phi) is 5.01. The zero-order chi connectivity index (χ0) is 16.2. The van der Waals surface area contributed by atoms with E-state index in [2.05, 4.69) is 29.3 Å². The van der Waals surface area contributed by atoms with Crippen LogP contribution < -0.4 is 5.32 Å². The summed E-state index contributed by atoms with van der Waals surface area (Å²) in [4.78, 5) is 17.9. The number of fused-ring (bicyclic) bond motifs is 1. The lowest BCUT2D eigenvalue weighted by molar-refractivity contribution is 0.0916. The molecule has 1 amide bonds. The summed E-state index contributed by atoms with van der Waals surface area (Å²) in [7, 11) is 4.26. The van der Waals surface area contributed by atoms with Gasteiger partial charge in [0, 0.05) is 16.9 Å². The molecular weight excluding hydrogens is 286 g/mol. The van der Waals surface area contributed by atoms with Gasteiger partial charge >= 0.3 is 0 Å². The van der Waals surface area contributed by atoms with Gasteiger partial charge < -0.3 is 15.2 Å². The maximum absolute atomic E-state index is 12.4. The van der Waals surface area contributed by atoms with Crippen LogP contribution in [0.2, 0.25) is 0 Å². The number of carbonyl (C=O) groups excluding carboxylic acids is 1. The minimum atomic E-state index is 0.0259. The summed E-state index contributed by atoms with van der Waals surface area (Å²) in [5, 5.41) is 4.29. The van der Waals surface area contributed by atoms with Crippen LogP contribution in [0.4, 0.5) is 0 Å². The van der Waals surface area contributed by atoms with E-state index >= 15 is 0 Å². The first-order valence-electron chi connectivity index (χ1n) is 8.65. The van der Waals surface area contributed by atoms with Crippen LogP contribution in [-0.2, 0) is 0 Å². The van der Waals surface area contributed by atoms with Crippen molar-refractivity contribution in [2.24, 2.45) is 5.92 Å². The molecule has 2 N–H and O–H groups in total. The summed E-state index contributed by atoms with van der Waals surface area (Å²) in [6, 6.07) is 10.3. The van der Waals surface area contributed by atoms with Crippen LogP contribution in [0.3, 0.4) is 0 Å². The molecule has 0 bridgehead atoms. The SMILES string of the molecule is CN(C)CCC1CCC(NC(=O)c2cc3ccccc3[nH]2)CC1. The monoisotopic (exact) mass is 313 g/mol. The van der Waals surface area contributed by atoms with Gasteiger partial charge in [0.15, 0.2) is 0 Å². The van der Waals surface area contributed by atoms with E-state index in [9.17, 15) is 4.79 Å². The third-order valence-corrected chi connectivity index (χ3v) is 4.94. The molecule has 4 nitrogen and oxygen atoms in total. The van der Waals surface area contributed by atoms with Crippen molar-refractivity contribution in [2.75, 3.05) is 20.6 Å². The van der Waals surface area contributed by atoms with Crippen LogP contribution in [-0.4, -0.2) is 42.5 Å². The van der Waals surface area contributed by atoms with E-state index in [4.69, 9.17) is 0 Å². The molecule has 1 aromatic heterocycles. The second-order valence-corrected chi connectivity index (χ2v) is 7.05. The fourth-order valence-corrected chi connectivity index (χ4v) is 3.50. The van der Waals surface area contributed by atoms with Gasteiger partial charge in [0.1, 0.15) is 5.69 Å². The zero-order valence-electron chi connectivity index (χ0n) is 14.1. The summed E-state index contributed by atoms with van der Waals surface area (Å²) in [5.41, 5.74) is 1.69. The maximum atomic E-state index is 12.4. The van der Waals surface area contributed by atoms with Gasteiger partial charge in [-0.15, -0.1) is 0 Å². The second-order valence-electron chi connectivity index (χ2n) is 7.05. The van der Waals surface area contributed by atoms with E-state index in [1.807, 2.05) is 30.3 Å². The fraction of sp³-hybridized carbons (Fsp3) is 0.526. The highest BCUT2D eigenvalue weighted by molar-refractivity contribution is 5.98. The minimum absolute atomic E-state index is 0.0259. The van der Waals surface area contributed by atoms with Crippen molar-refractivity contribution in [1.29, 1.82) is 0 Å². The molecule has 0 atom stereocenters. The summed E-state index contributed by atoms with van der Waals surface area (Å²) >= 11 is 0. The molecule has 0 aliphatic heterocycles. The highest BCUT2D eigenvalue weighted by atomic mass is 16.1. The van der Waals surface area contributed by atoms with Crippen LogP contribution in [0, 0.1) is 5.92 Å². The molecule has 1 aliphatic carbocycles. The Hall–Kier alpha value is -1.81. The summed E-state index contributed by atoms with van der Waals surface area (Å²) in [6.07, 6.45) is 5.93. The average molecular weight is 313 g/mol. The van der Waals surface area contributed by atoms with Gasteiger partial charge in [0.05, 0.1) is 0 Å². The summed E-state index contributed by atoms with van der Waals surface area (Å²) < 4.78 is 0. The summed E-state index contributed by atoms with van der Waals surface area (Å²) in [5.74, 6) is 0.844. The Morgan fingerprint density at radius 3 is 2.65 bits per heavy atom. The lowest BCUT2D eigenvalue weighted by atomic mass is 9.84. The van der Waals surface area contributed by atoms with Crippen LogP contribution in [0.1, 0.15) is 42.6 Å². The van der Waals surface area contributed by atoms with Gasteiger partial charge in [-0.05, 0) is 70.8 Å². The van der Waals surface area contributed by atoms with Crippen LogP contribution >= 0.6 is 0 Å². The van der Waals surface area contributed by atoms with Gasteiger partial charge in [-0.1, -0.05) is 18.2 Å². The Bertz CT molecular complexity index is 620. The fourth-order valence-electron chi connectivity index (χ4n) is 3.50. The Labute approximate surface area is 138 Å². The van der Waals surface area contributed by atoms with E-state index in [1.165, 1.54) is 19.3 Å². The molecule has 23 heavy (non-hydrogen) atoms. The molecule has 1 heterocycles. The number of hydrogen-bond donors (Lipinski definition) is 2. The van der Waals surface area contributed by atoms with Gasteiger partial charge in [0.2, 0.25) is 0 Å². The second kappa shape index (κ2) is 7.18. The number of rotatable bonds is 5. The first-order chi connectivity index (χ1) is 11.1. The van der Waals surface area contributed by atoms with Crippen molar-refractivity contribution in [1.82, 2.24) is 15.2 Å². The van der Waals surface area contributed by atoms with Crippen molar-refractivity contribution in [3.8, 4) is 0 Å². The molecule has 2 aromatic rings. The topological polar surface area (TPSA) is 48.1 Å². The predicted molar refractivity (Wildman–Crippen MR) is 94.7 cm³/mol. The van der Waals surface area contributed by atoms with Crippen molar-refractivity contribution in [3.05, 3.63) is 36.0 Å². The smallest absolute Gasteiger partial charge is 0.267 e. The molecule has 0 radical (unpaired) electrons. The first kappa shape index (κ1) is 16.1. The van der Waals surface area contributed by atoms with Gasteiger partial charge in [-0.25, -0.2) is 0 Å². The number of carbonyl (C=O) groups is 1. The van der Waals surface area contributed by atoms with E-state index in [0.29, 0.717) is 11.7 Å². The molecule has 3 rings (SSSR count). The van der Waals surface area contributed by atoms with Crippen molar-refractivity contribution in [3.63, 3.8) is 0 Å². The zero-order valence-corrected chi connectivity index (χ0v) is 14.1. The molecule has 0 saturated heterocycles. The third kappa shape index (κ3) is 4.14. The number of nitrogens with zero attached hydrogens (tertiary/aromatic N) is 1. The minimum Gasteiger partial charge on any atom is -0.351 e. The molecule has 0 spiro atoms. The van der Waals surface area contributed by atoms with Crippen molar-refractivity contribution < 1.29 is 4.79 Å². The maximum Gasteiger partial charge on any atom is 0.267 e. The van der Waals surface area contributed by atoms with Crippen molar-refractivity contribution in [2.45, 2.75) is 38.1 Å². The Morgan fingerprint density at radius 1 is 1.22 bits per heavy atom. The lowest BCUT2D eigenvalue weighted by Crippen LogP contribution is -2.38. The van der Waals surface area contributed by atoms with Gasteiger partial charge in [-0.3, -0.25) is 4.79 Å². The molecule has 1 saturated carbocycles. The quantitative estimate of drug-likeness (QED) is 0.888.